The van der Waals surface area contributed by atoms with Crippen LogP contribution < -0.4 is 0 Å². The second kappa shape index (κ2) is 6.55. The van der Waals surface area contributed by atoms with Crippen molar-refractivity contribution in [3.05, 3.63) is 18.0 Å². The van der Waals surface area contributed by atoms with Crippen LogP contribution in [0.3, 0.4) is 0 Å². The Morgan fingerprint density at radius 1 is 1.21 bits per heavy atom. The van der Waals surface area contributed by atoms with Crippen molar-refractivity contribution in [1.82, 2.24) is 19.6 Å². The zero-order chi connectivity index (χ0) is 16.5. The Kier molecular flexibility index (Phi) is 4.26. The van der Waals surface area contributed by atoms with Crippen molar-refractivity contribution in [3.63, 3.8) is 0 Å². The molecule has 2 amide bonds. The zero-order valence-corrected chi connectivity index (χ0v) is 13.9. The predicted octanol–water partition coefficient (Wildman–Crippen LogP) is 0.815. The van der Waals surface area contributed by atoms with Crippen LogP contribution in [0.4, 0.5) is 0 Å². The van der Waals surface area contributed by atoms with Crippen LogP contribution in [0.25, 0.3) is 0 Å². The zero-order valence-electron chi connectivity index (χ0n) is 13.9. The van der Waals surface area contributed by atoms with Crippen molar-refractivity contribution >= 4 is 11.8 Å². The molecule has 1 saturated heterocycles. The highest BCUT2D eigenvalue weighted by atomic mass is 16.5. The number of hydrogen-bond acceptors (Lipinski definition) is 4. The van der Waals surface area contributed by atoms with E-state index in [2.05, 4.69) is 5.10 Å². The molecular weight excluding hydrogens is 308 g/mol. The highest BCUT2D eigenvalue weighted by molar-refractivity contribution is 5.80. The van der Waals surface area contributed by atoms with E-state index < -0.39 is 0 Å². The third-order valence-electron chi connectivity index (χ3n) is 5.42. The highest BCUT2D eigenvalue weighted by Gasteiger charge is 2.35. The average molecular weight is 332 g/mol. The molecule has 7 heteroatoms. The molecule has 1 atom stereocenters. The van der Waals surface area contributed by atoms with Crippen molar-refractivity contribution in [2.75, 3.05) is 32.8 Å². The molecular formula is C17H24N4O3. The van der Waals surface area contributed by atoms with Gasteiger partial charge in [0.15, 0.2) is 0 Å². The number of hydrogen-bond donors (Lipinski definition) is 0. The van der Waals surface area contributed by atoms with Gasteiger partial charge < -0.3 is 14.5 Å². The second-order valence-electron chi connectivity index (χ2n) is 6.96. The Morgan fingerprint density at radius 2 is 2.00 bits per heavy atom. The van der Waals surface area contributed by atoms with Gasteiger partial charge in [0, 0.05) is 31.7 Å². The number of ether oxygens (including phenoxy) is 1. The normalized spacial score (nSPS) is 24.4. The second-order valence-corrected chi connectivity index (χ2v) is 6.96. The van der Waals surface area contributed by atoms with Crippen LogP contribution in [0.1, 0.15) is 37.4 Å². The number of aromatic nitrogens is 2. The number of carbonyl (C=O) groups excluding carboxylic acids is 2. The van der Waals surface area contributed by atoms with E-state index in [1.807, 2.05) is 20.5 Å². The van der Waals surface area contributed by atoms with Gasteiger partial charge in [0.2, 0.25) is 11.8 Å². The van der Waals surface area contributed by atoms with E-state index in [1.54, 1.807) is 6.20 Å². The van der Waals surface area contributed by atoms with Gasteiger partial charge in [-0.05, 0) is 18.9 Å². The summed E-state index contributed by atoms with van der Waals surface area (Å²) in [5.74, 6) is 0.565. The summed E-state index contributed by atoms with van der Waals surface area (Å²) in [7, 11) is 0. The summed E-state index contributed by atoms with van der Waals surface area (Å²) in [6.07, 6.45) is 5.32. The fraction of sp³-hybridized carbons (Fsp3) is 0.706. The smallest absolute Gasteiger partial charge is 0.226 e. The monoisotopic (exact) mass is 332 g/mol. The highest BCUT2D eigenvalue weighted by Crippen LogP contribution is 2.31. The number of amides is 2. The maximum Gasteiger partial charge on any atom is 0.226 e. The van der Waals surface area contributed by atoms with Crippen molar-refractivity contribution < 1.29 is 14.3 Å². The maximum atomic E-state index is 12.6. The summed E-state index contributed by atoms with van der Waals surface area (Å²) in [6, 6.07) is 1.88. The Hall–Kier alpha value is -1.89. The van der Waals surface area contributed by atoms with E-state index in [4.69, 9.17) is 4.74 Å². The van der Waals surface area contributed by atoms with Gasteiger partial charge in [-0.15, -0.1) is 0 Å². The first-order valence-corrected chi connectivity index (χ1v) is 8.89. The molecule has 0 aromatic carbocycles. The van der Waals surface area contributed by atoms with Gasteiger partial charge in [-0.25, -0.2) is 0 Å². The van der Waals surface area contributed by atoms with E-state index in [-0.39, 0.29) is 23.8 Å². The number of fused-ring (bicyclic) bond motifs is 1. The summed E-state index contributed by atoms with van der Waals surface area (Å²) < 4.78 is 7.25. The van der Waals surface area contributed by atoms with E-state index >= 15 is 0 Å². The lowest BCUT2D eigenvalue weighted by atomic mass is 9.84. The van der Waals surface area contributed by atoms with Gasteiger partial charge in [0.25, 0.3) is 0 Å². The molecule has 1 unspecified atom stereocenters. The van der Waals surface area contributed by atoms with Crippen LogP contribution in [0.5, 0.6) is 0 Å². The van der Waals surface area contributed by atoms with E-state index in [1.165, 1.54) is 0 Å². The lowest BCUT2D eigenvalue weighted by molar-refractivity contribution is -0.142. The lowest BCUT2D eigenvalue weighted by Gasteiger charge is -2.38. The summed E-state index contributed by atoms with van der Waals surface area (Å²) in [6.45, 7) is 3.72. The molecule has 1 aromatic rings. The van der Waals surface area contributed by atoms with Gasteiger partial charge in [-0.3, -0.25) is 14.3 Å². The number of rotatable bonds is 3. The van der Waals surface area contributed by atoms with Crippen LogP contribution in [-0.4, -0.2) is 64.2 Å². The molecule has 7 nitrogen and oxygen atoms in total. The van der Waals surface area contributed by atoms with Gasteiger partial charge in [-0.2, -0.15) is 5.10 Å². The topological polar surface area (TPSA) is 67.7 Å². The van der Waals surface area contributed by atoms with Gasteiger partial charge in [0.05, 0.1) is 37.9 Å². The lowest BCUT2D eigenvalue weighted by Crippen LogP contribution is -2.47. The molecule has 3 aliphatic rings. The minimum Gasteiger partial charge on any atom is -0.378 e. The van der Waals surface area contributed by atoms with E-state index in [9.17, 15) is 9.59 Å². The molecule has 130 valence electrons. The van der Waals surface area contributed by atoms with Gasteiger partial charge >= 0.3 is 0 Å². The minimum atomic E-state index is -0.0666. The van der Waals surface area contributed by atoms with Crippen LogP contribution in [0.2, 0.25) is 0 Å². The third kappa shape index (κ3) is 2.92. The molecule has 24 heavy (non-hydrogen) atoms. The molecule has 3 heterocycles. The Morgan fingerprint density at radius 3 is 2.71 bits per heavy atom. The van der Waals surface area contributed by atoms with E-state index in [0.717, 1.165) is 25.0 Å². The van der Waals surface area contributed by atoms with Crippen molar-refractivity contribution in [3.8, 4) is 0 Å². The third-order valence-corrected chi connectivity index (χ3v) is 5.42. The maximum absolute atomic E-state index is 12.6. The van der Waals surface area contributed by atoms with Crippen LogP contribution in [0, 0.1) is 5.92 Å². The molecule has 0 spiro atoms. The Bertz CT molecular complexity index is 619. The molecule has 1 saturated carbocycles. The Balaban J connectivity index is 1.46. The van der Waals surface area contributed by atoms with Crippen molar-refractivity contribution in [1.29, 1.82) is 0 Å². The molecule has 2 aliphatic heterocycles. The summed E-state index contributed by atoms with van der Waals surface area (Å²) >= 11 is 0. The first-order chi connectivity index (χ1) is 11.7. The van der Waals surface area contributed by atoms with Gasteiger partial charge in [0.1, 0.15) is 0 Å². The average Bonchev–Trinajstić information content (AvgIpc) is 3.02. The quantitative estimate of drug-likeness (QED) is 0.822. The van der Waals surface area contributed by atoms with Crippen molar-refractivity contribution in [2.24, 2.45) is 5.92 Å². The van der Waals surface area contributed by atoms with Crippen molar-refractivity contribution in [2.45, 2.75) is 38.3 Å². The molecule has 1 aliphatic carbocycles. The molecule has 4 rings (SSSR count). The van der Waals surface area contributed by atoms with Crippen LogP contribution >= 0.6 is 0 Å². The van der Waals surface area contributed by atoms with Gasteiger partial charge in [-0.1, -0.05) is 6.42 Å². The van der Waals surface area contributed by atoms with Crippen LogP contribution in [0.15, 0.2) is 12.3 Å². The van der Waals surface area contributed by atoms with E-state index in [0.29, 0.717) is 45.8 Å². The Labute approximate surface area is 141 Å². The fourth-order valence-corrected chi connectivity index (χ4v) is 3.76. The summed E-state index contributed by atoms with van der Waals surface area (Å²) in [5, 5.41) is 4.39. The number of nitrogens with zero attached hydrogens (tertiary/aromatic N) is 4. The number of carbonyl (C=O) groups is 2. The largest absolute Gasteiger partial charge is 0.378 e. The summed E-state index contributed by atoms with van der Waals surface area (Å²) in [5.41, 5.74) is 1.02. The predicted molar refractivity (Wildman–Crippen MR) is 86.0 cm³/mol. The molecule has 2 fully saturated rings. The molecule has 1 aromatic heterocycles. The minimum absolute atomic E-state index is 0.0666. The molecule has 0 N–H and O–H groups in total. The molecule has 0 bridgehead atoms. The number of morpholine rings is 1. The standard InChI is InChI=1S/C17H24N4O3/c22-16(19-6-8-24-9-7-19)10-15-12-20(17(23)13-2-1-3-13)11-14-4-5-18-21(14)15/h4-5,13,15H,1-3,6-12H2. The summed E-state index contributed by atoms with van der Waals surface area (Å²) in [4.78, 5) is 29.0. The SMILES string of the molecule is O=C(CC1CN(C(=O)C2CCC2)Cc2ccnn21)N1CCOCC1. The first kappa shape index (κ1) is 15.6. The fourth-order valence-electron chi connectivity index (χ4n) is 3.76. The first-order valence-electron chi connectivity index (χ1n) is 8.89. The molecule has 0 radical (unpaired) electrons. The van der Waals surface area contributed by atoms with Crippen LogP contribution in [-0.2, 0) is 20.9 Å².